The van der Waals surface area contributed by atoms with Gasteiger partial charge in [-0.15, -0.1) is 21.5 Å². The molecule has 0 radical (unpaired) electrons. The van der Waals surface area contributed by atoms with Crippen molar-refractivity contribution in [2.75, 3.05) is 5.75 Å². The first-order chi connectivity index (χ1) is 10.1. The van der Waals surface area contributed by atoms with Gasteiger partial charge in [0.1, 0.15) is 0 Å². The normalized spacial score (nSPS) is 10.4. The highest BCUT2D eigenvalue weighted by Gasteiger charge is 2.13. The van der Waals surface area contributed by atoms with Gasteiger partial charge in [-0.25, -0.2) is 5.48 Å². The van der Waals surface area contributed by atoms with Crippen molar-refractivity contribution in [3.63, 3.8) is 0 Å². The van der Waals surface area contributed by atoms with Gasteiger partial charge in [0.15, 0.2) is 11.0 Å². The summed E-state index contributed by atoms with van der Waals surface area (Å²) in [6.07, 6.45) is 0. The van der Waals surface area contributed by atoms with Crippen molar-refractivity contribution in [3.05, 3.63) is 28.2 Å². The van der Waals surface area contributed by atoms with Gasteiger partial charge in [-0.05, 0) is 11.4 Å². The molecule has 3 N–H and O–H groups in total. The smallest absolute Gasteiger partial charge is 0.261 e. The number of thiophene rings is 1. The van der Waals surface area contributed by atoms with Crippen LogP contribution in [0.15, 0.2) is 22.7 Å². The predicted octanol–water partition coefficient (Wildman–Crippen LogP) is 0.404. The fraction of sp³-hybridized carbons (Fsp3) is 0.273. The molecule has 0 atom stereocenters. The molecule has 2 aromatic rings. The van der Waals surface area contributed by atoms with Crippen molar-refractivity contribution in [3.8, 4) is 0 Å². The Morgan fingerprint density at radius 1 is 1.48 bits per heavy atom. The first kappa shape index (κ1) is 15.5. The van der Waals surface area contributed by atoms with Crippen LogP contribution < -0.4 is 10.8 Å². The number of hydroxylamine groups is 1. The molecule has 8 nitrogen and oxygen atoms in total. The number of carbonyl (C=O) groups is 2. The Balaban J connectivity index is 1.91. The number of hydrogen-bond acceptors (Lipinski definition) is 7. The summed E-state index contributed by atoms with van der Waals surface area (Å²) < 4.78 is 1.68. The van der Waals surface area contributed by atoms with Crippen LogP contribution in [-0.4, -0.2) is 37.5 Å². The second-order valence-electron chi connectivity index (χ2n) is 3.94. The minimum absolute atomic E-state index is 0.0318. The summed E-state index contributed by atoms with van der Waals surface area (Å²) in [4.78, 5) is 23.4. The monoisotopic (exact) mass is 327 g/mol. The molecule has 10 heteroatoms. The van der Waals surface area contributed by atoms with Crippen molar-refractivity contribution in [1.29, 1.82) is 0 Å². The molecule has 0 saturated carbocycles. The molecule has 0 aromatic carbocycles. The first-order valence-electron chi connectivity index (χ1n) is 5.87. The van der Waals surface area contributed by atoms with E-state index in [-0.39, 0.29) is 18.2 Å². The number of amides is 2. The van der Waals surface area contributed by atoms with E-state index >= 15 is 0 Å². The second kappa shape index (κ2) is 7.20. The average molecular weight is 327 g/mol. The zero-order valence-corrected chi connectivity index (χ0v) is 12.7. The molecular weight excluding hydrogens is 314 g/mol. The van der Waals surface area contributed by atoms with E-state index < -0.39 is 5.91 Å². The standard InChI is InChI=1S/C11H13N5O3S2/c1-16-8(5-12-10(18)7-3-2-4-20-7)13-14-11(16)21-6-9(17)15-19/h2-4,19H,5-6H2,1H3,(H,12,18)(H,15,17). The van der Waals surface area contributed by atoms with Gasteiger partial charge in [0.05, 0.1) is 17.2 Å². The van der Waals surface area contributed by atoms with E-state index in [0.29, 0.717) is 15.9 Å². The third-order valence-corrected chi connectivity index (χ3v) is 4.42. The number of rotatable bonds is 6. The Bertz CT molecular complexity index is 626. The summed E-state index contributed by atoms with van der Waals surface area (Å²) >= 11 is 2.50. The molecule has 21 heavy (non-hydrogen) atoms. The lowest BCUT2D eigenvalue weighted by molar-refractivity contribution is -0.126. The Morgan fingerprint density at radius 2 is 2.29 bits per heavy atom. The highest BCUT2D eigenvalue weighted by atomic mass is 32.2. The molecule has 2 heterocycles. The SMILES string of the molecule is Cn1c(CNC(=O)c2cccs2)nnc1SCC(=O)NO. The van der Waals surface area contributed by atoms with Crippen molar-refractivity contribution < 1.29 is 14.8 Å². The summed E-state index contributed by atoms with van der Waals surface area (Å²) in [6, 6.07) is 3.55. The Hall–Kier alpha value is -1.91. The van der Waals surface area contributed by atoms with Gasteiger partial charge < -0.3 is 9.88 Å². The molecule has 2 rings (SSSR count). The van der Waals surface area contributed by atoms with Crippen LogP contribution in [0.5, 0.6) is 0 Å². The summed E-state index contributed by atoms with van der Waals surface area (Å²) in [5, 5.41) is 21.4. The number of nitrogens with zero attached hydrogens (tertiary/aromatic N) is 3. The molecule has 2 aromatic heterocycles. The molecule has 0 saturated heterocycles. The summed E-state index contributed by atoms with van der Waals surface area (Å²) in [5.41, 5.74) is 1.54. The van der Waals surface area contributed by atoms with Crippen LogP contribution in [0.2, 0.25) is 0 Å². The third kappa shape index (κ3) is 4.03. The number of nitrogens with one attached hydrogen (secondary N) is 2. The van der Waals surface area contributed by atoms with E-state index in [1.165, 1.54) is 11.3 Å². The lowest BCUT2D eigenvalue weighted by Gasteiger charge is -2.04. The highest BCUT2D eigenvalue weighted by molar-refractivity contribution is 7.99. The first-order valence-corrected chi connectivity index (χ1v) is 7.74. The fourth-order valence-electron chi connectivity index (χ4n) is 1.44. The Morgan fingerprint density at radius 3 is 2.95 bits per heavy atom. The number of aromatic nitrogens is 3. The van der Waals surface area contributed by atoms with E-state index in [9.17, 15) is 9.59 Å². The largest absolute Gasteiger partial charge is 0.344 e. The van der Waals surface area contributed by atoms with Crippen molar-refractivity contribution in [2.24, 2.45) is 7.05 Å². The molecular formula is C11H13N5O3S2. The van der Waals surface area contributed by atoms with Gasteiger partial charge in [0.25, 0.3) is 11.8 Å². The van der Waals surface area contributed by atoms with Gasteiger partial charge in [0.2, 0.25) is 0 Å². The molecule has 0 unspecified atom stereocenters. The minimum Gasteiger partial charge on any atom is -0.344 e. The second-order valence-corrected chi connectivity index (χ2v) is 5.83. The van der Waals surface area contributed by atoms with Gasteiger partial charge in [-0.1, -0.05) is 17.8 Å². The van der Waals surface area contributed by atoms with E-state index in [4.69, 9.17) is 5.21 Å². The maximum Gasteiger partial charge on any atom is 0.261 e. The maximum atomic E-state index is 11.8. The van der Waals surface area contributed by atoms with Gasteiger partial charge in [-0.3, -0.25) is 14.8 Å². The molecule has 0 spiro atoms. The number of thioether (sulfide) groups is 1. The summed E-state index contributed by atoms with van der Waals surface area (Å²) in [7, 11) is 1.74. The molecule has 0 aliphatic heterocycles. The molecule has 0 bridgehead atoms. The number of carbonyl (C=O) groups excluding carboxylic acids is 2. The zero-order valence-electron chi connectivity index (χ0n) is 11.1. The Kier molecular flexibility index (Phi) is 5.31. The summed E-state index contributed by atoms with van der Waals surface area (Å²) in [5.74, 6) is -0.0754. The van der Waals surface area contributed by atoms with E-state index in [1.807, 2.05) is 11.4 Å². The van der Waals surface area contributed by atoms with E-state index in [1.54, 1.807) is 23.2 Å². The topological polar surface area (TPSA) is 109 Å². The Labute approximate surface area is 128 Å². The average Bonchev–Trinajstić information content (AvgIpc) is 3.13. The highest BCUT2D eigenvalue weighted by Crippen LogP contribution is 2.15. The van der Waals surface area contributed by atoms with Gasteiger partial charge in [-0.2, -0.15) is 0 Å². The van der Waals surface area contributed by atoms with Gasteiger partial charge >= 0.3 is 0 Å². The molecule has 0 fully saturated rings. The van der Waals surface area contributed by atoms with Crippen LogP contribution in [0.25, 0.3) is 0 Å². The van der Waals surface area contributed by atoms with Crippen molar-refractivity contribution in [2.45, 2.75) is 11.7 Å². The van der Waals surface area contributed by atoms with Crippen LogP contribution in [-0.2, 0) is 18.4 Å². The number of hydrogen-bond donors (Lipinski definition) is 3. The lowest BCUT2D eigenvalue weighted by Crippen LogP contribution is -2.23. The van der Waals surface area contributed by atoms with Crippen LogP contribution in [0.3, 0.4) is 0 Å². The molecule has 0 aliphatic carbocycles. The fourth-order valence-corrected chi connectivity index (χ4v) is 2.80. The third-order valence-electron chi connectivity index (χ3n) is 2.53. The maximum absolute atomic E-state index is 11.8. The van der Waals surface area contributed by atoms with Crippen LogP contribution in [0.4, 0.5) is 0 Å². The molecule has 112 valence electrons. The summed E-state index contributed by atoms with van der Waals surface area (Å²) in [6.45, 7) is 0.243. The lowest BCUT2D eigenvalue weighted by atomic mass is 10.4. The quantitative estimate of drug-likeness (QED) is 0.403. The van der Waals surface area contributed by atoms with E-state index in [0.717, 1.165) is 11.8 Å². The molecule has 0 aliphatic rings. The van der Waals surface area contributed by atoms with Gasteiger partial charge in [0, 0.05) is 7.05 Å². The minimum atomic E-state index is -0.518. The van der Waals surface area contributed by atoms with Crippen LogP contribution >= 0.6 is 23.1 Å². The van der Waals surface area contributed by atoms with Crippen LogP contribution in [0.1, 0.15) is 15.5 Å². The molecule has 2 amide bonds. The zero-order chi connectivity index (χ0) is 15.2. The van der Waals surface area contributed by atoms with Crippen LogP contribution in [0, 0.1) is 0 Å². The van der Waals surface area contributed by atoms with Crippen molar-refractivity contribution in [1.82, 2.24) is 25.6 Å². The van der Waals surface area contributed by atoms with Crippen molar-refractivity contribution >= 4 is 34.9 Å². The van der Waals surface area contributed by atoms with E-state index in [2.05, 4.69) is 15.5 Å². The predicted molar refractivity (Wildman–Crippen MR) is 77.1 cm³/mol.